The second-order valence-electron chi connectivity index (χ2n) is 6.51. The number of hydrogen-bond donors (Lipinski definition) is 1. The number of rotatable bonds is 9. The largest absolute Gasteiger partial charge is 0.489 e. The number of anilines is 2. The highest BCUT2D eigenvalue weighted by molar-refractivity contribution is 6.04. The molecule has 0 spiro atoms. The molecule has 1 N–H and O–H groups in total. The Bertz CT molecular complexity index is 693. The van der Waals surface area contributed by atoms with Crippen molar-refractivity contribution in [3.05, 3.63) is 48.2 Å². The Kier molecular flexibility index (Phi) is 7.45. The van der Waals surface area contributed by atoms with Crippen molar-refractivity contribution in [2.75, 3.05) is 23.3 Å². The van der Waals surface area contributed by atoms with Crippen molar-refractivity contribution in [1.82, 2.24) is 4.98 Å². The Morgan fingerprint density at radius 2 is 1.81 bits per heavy atom. The van der Waals surface area contributed by atoms with E-state index in [-0.39, 0.29) is 12.0 Å². The molecule has 5 heteroatoms. The van der Waals surface area contributed by atoms with E-state index in [2.05, 4.69) is 29.0 Å². The van der Waals surface area contributed by atoms with Gasteiger partial charge >= 0.3 is 0 Å². The third kappa shape index (κ3) is 5.48. The molecule has 0 aliphatic carbocycles. The number of carbonyl (C=O) groups is 1. The number of pyridine rings is 1. The second-order valence-corrected chi connectivity index (χ2v) is 6.51. The maximum Gasteiger partial charge on any atom is 0.257 e. The van der Waals surface area contributed by atoms with Crippen LogP contribution in [0, 0.1) is 0 Å². The number of nitrogens with one attached hydrogen (secondary N) is 1. The third-order valence-electron chi connectivity index (χ3n) is 3.82. The van der Waals surface area contributed by atoms with Crippen LogP contribution < -0.4 is 15.0 Å². The van der Waals surface area contributed by atoms with E-state index in [1.807, 2.05) is 50.2 Å². The highest BCUT2D eigenvalue weighted by Gasteiger charge is 2.12. The van der Waals surface area contributed by atoms with Gasteiger partial charge in [-0.25, -0.2) is 4.98 Å². The summed E-state index contributed by atoms with van der Waals surface area (Å²) in [5, 5.41) is 2.91. The number of hydrogen-bond acceptors (Lipinski definition) is 4. The lowest BCUT2D eigenvalue weighted by Gasteiger charge is -2.22. The SMILES string of the molecule is CCCN(CCC)c1ccc(C(=O)Nc2ccccc2OC(C)C)cn1. The van der Waals surface area contributed by atoms with Crippen LogP contribution in [0.5, 0.6) is 5.75 Å². The highest BCUT2D eigenvalue weighted by Crippen LogP contribution is 2.25. The Labute approximate surface area is 156 Å². The van der Waals surface area contributed by atoms with E-state index in [0.29, 0.717) is 17.0 Å². The fourth-order valence-electron chi connectivity index (χ4n) is 2.71. The Morgan fingerprint density at radius 1 is 1.12 bits per heavy atom. The predicted molar refractivity (Wildman–Crippen MR) is 107 cm³/mol. The molecular weight excluding hydrogens is 326 g/mol. The zero-order valence-electron chi connectivity index (χ0n) is 16.2. The molecule has 1 aromatic heterocycles. The Balaban J connectivity index is 2.11. The summed E-state index contributed by atoms with van der Waals surface area (Å²) in [6.07, 6.45) is 3.80. The first-order chi connectivity index (χ1) is 12.5. The molecule has 0 saturated heterocycles. The molecule has 1 aromatic carbocycles. The van der Waals surface area contributed by atoms with Gasteiger partial charge in [0.25, 0.3) is 5.91 Å². The molecule has 5 nitrogen and oxygen atoms in total. The van der Waals surface area contributed by atoms with Gasteiger partial charge in [0.15, 0.2) is 0 Å². The molecule has 1 heterocycles. The Hall–Kier alpha value is -2.56. The van der Waals surface area contributed by atoms with E-state index in [4.69, 9.17) is 4.74 Å². The maximum absolute atomic E-state index is 12.6. The highest BCUT2D eigenvalue weighted by atomic mass is 16.5. The van der Waals surface area contributed by atoms with Gasteiger partial charge in [-0.3, -0.25) is 4.79 Å². The van der Waals surface area contributed by atoms with Gasteiger partial charge in [0.05, 0.1) is 17.4 Å². The van der Waals surface area contributed by atoms with Crippen LogP contribution in [0.1, 0.15) is 50.9 Å². The molecule has 0 fully saturated rings. The first-order valence-corrected chi connectivity index (χ1v) is 9.33. The molecule has 0 saturated carbocycles. The first kappa shape index (κ1) is 19.8. The van der Waals surface area contributed by atoms with Crippen molar-refractivity contribution < 1.29 is 9.53 Å². The lowest BCUT2D eigenvalue weighted by molar-refractivity contribution is 0.102. The van der Waals surface area contributed by atoms with Crippen molar-refractivity contribution in [2.45, 2.75) is 46.6 Å². The monoisotopic (exact) mass is 355 g/mol. The van der Waals surface area contributed by atoms with Gasteiger partial charge in [0.2, 0.25) is 0 Å². The quantitative estimate of drug-likeness (QED) is 0.705. The minimum absolute atomic E-state index is 0.0390. The van der Waals surface area contributed by atoms with Crippen LogP contribution in [0.15, 0.2) is 42.6 Å². The van der Waals surface area contributed by atoms with E-state index < -0.39 is 0 Å². The maximum atomic E-state index is 12.6. The fraction of sp³-hybridized carbons (Fsp3) is 0.429. The van der Waals surface area contributed by atoms with Gasteiger partial charge in [-0.15, -0.1) is 0 Å². The summed E-state index contributed by atoms with van der Waals surface area (Å²) in [5.41, 5.74) is 1.19. The molecule has 0 atom stereocenters. The summed E-state index contributed by atoms with van der Waals surface area (Å²) in [7, 11) is 0. The minimum atomic E-state index is -0.193. The lowest BCUT2D eigenvalue weighted by Crippen LogP contribution is -2.26. The van der Waals surface area contributed by atoms with E-state index in [1.54, 1.807) is 6.20 Å². The summed E-state index contributed by atoms with van der Waals surface area (Å²) in [6, 6.07) is 11.2. The first-order valence-electron chi connectivity index (χ1n) is 9.33. The molecular formula is C21H29N3O2. The van der Waals surface area contributed by atoms with Crippen LogP contribution in [0.4, 0.5) is 11.5 Å². The van der Waals surface area contributed by atoms with Crippen LogP contribution in [0.25, 0.3) is 0 Å². The molecule has 0 aliphatic heterocycles. The average Bonchev–Trinajstić information content (AvgIpc) is 2.63. The summed E-state index contributed by atoms with van der Waals surface area (Å²) in [4.78, 5) is 19.3. The van der Waals surface area contributed by atoms with Crippen LogP contribution in [-0.4, -0.2) is 30.1 Å². The number of ether oxygens (including phenoxy) is 1. The van der Waals surface area contributed by atoms with Gasteiger partial charge < -0.3 is 15.0 Å². The van der Waals surface area contributed by atoms with E-state index in [9.17, 15) is 4.79 Å². The number of benzene rings is 1. The summed E-state index contributed by atoms with van der Waals surface area (Å²) >= 11 is 0. The van der Waals surface area contributed by atoms with E-state index >= 15 is 0 Å². The van der Waals surface area contributed by atoms with Crippen LogP contribution in [-0.2, 0) is 0 Å². The summed E-state index contributed by atoms with van der Waals surface area (Å²) in [6.45, 7) is 10.2. The molecule has 140 valence electrons. The molecule has 0 bridgehead atoms. The molecule has 26 heavy (non-hydrogen) atoms. The smallest absolute Gasteiger partial charge is 0.257 e. The van der Waals surface area contributed by atoms with Crippen molar-refractivity contribution in [1.29, 1.82) is 0 Å². The van der Waals surface area contributed by atoms with Crippen molar-refractivity contribution >= 4 is 17.4 Å². The van der Waals surface area contributed by atoms with Crippen LogP contribution >= 0.6 is 0 Å². The van der Waals surface area contributed by atoms with Gasteiger partial charge in [-0.1, -0.05) is 26.0 Å². The van der Waals surface area contributed by atoms with Gasteiger partial charge in [0, 0.05) is 19.3 Å². The zero-order valence-corrected chi connectivity index (χ0v) is 16.2. The number of nitrogens with zero attached hydrogens (tertiary/aromatic N) is 2. The lowest BCUT2D eigenvalue weighted by atomic mass is 10.2. The van der Waals surface area contributed by atoms with Crippen molar-refractivity contribution in [3.8, 4) is 5.75 Å². The molecule has 2 rings (SSSR count). The number of amides is 1. The van der Waals surface area contributed by atoms with Crippen LogP contribution in [0.2, 0.25) is 0 Å². The molecule has 0 aliphatic rings. The predicted octanol–water partition coefficient (Wildman–Crippen LogP) is 4.75. The average molecular weight is 355 g/mol. The minimum Gasteiger partial charge on any atom is -0.489 e. The van der Waals surface area contributed by atoms with Gasteiger partial charge in [-0.2, -0.15) is 0 Å². The Morgan fingerprint density at radius 3 is 2.38 bits per heavy atom. The second kappa shape index (κ2) is 9.80. The third-order valence-corrected chi connectivity index (χ3v) is 3.82. The van der Waals surface area contributed by atoms with Crippen LogP contribution in [0.3, 0.4) is 0 Å². The topological polar surface area (TPSA) is 54.5 Å². The zero-order chi connectivity index (χ0) is 18.9. The van der Waals surface area contributed by atoms with Gasteiger partial charge in [-0.05, 0) is 51.0 Å². The number of carbonyl (C=O) groups excluding carboxylic acids is 1. The van der Waals surface area contributed by atoms with E-state index in [0.717, 1.165) is 31.7 Å². The van der Waals surface area contributed by atoms with Gasteiger partial charge in [0.1, 0.15) is 11.6 Å². The summed E-state index contributed by atoms with van der Waals surface area (Å²) < 4.78 is 5.75. The van der Waals surface area contributed by atoms with Crippen molar-refractivity contribution in [2.24, 2.45) is 0 Å². The van der Waals surface area contributed by atoms with Crippen molar-refractivity contribution in [3.63, 3.8) is 0 Å². The standard InChI is InChI=1S/C21H29N3O2/c1-5-13-24(14-6-2)20-12-11-17(15-22-20)21(25)23-18-9-7-8-10-19(18)26-16(3)4/h7-12,15-16H,5-6,13-14H2,1-4H3,(H,23,25). The molecule has 0 unspecified atom stereocenters. The molecule has 0 radical (unpaired) electrons. The molecule has 1 amide bonds. The number of para-hydroxylation sites is 2. The molecule has 2 aromatic rings. The number of aromatic nitrogens is 1. The van der Waals surface area contributed by atoms with E-state index in [1.165, 1.54) is 0 Å². The summed E-state index contributed by atoms with van der Waals surface area (Å²) in [5.74, 6) is 1.38. The fourth-order valence-corrected chi connectivity index (χ4v) is 2.71. The normalized spacial score (nSPS) is 10.7.